The summed E-state index contributed by atoms with van der Waals surface area (Å²) in [6, 6.07) is 14.1. The molecule has 1 amide bonds. The van der Waals surface area contributed by atoms with Gasteiger partial charge in [-0.3, -0.25) is 9.69 Å². The van der Waals surface area contributed by atoms with Crippen molar-refractivity contribution in [3.63, 3.8) is 0 Å². The van der Waals surface area contributed by atoms with Crippen molar-refractivity contribution in [3.05, 3.63) is 64.7 Å². The van der Waals surface area contributed by atoms with Crippen LogP contribution in [0.25, 0.3) is 0 Å². The molecule has 1 aliphatic carbocycles. The average molecular weight is 478 g/mol. The minimum atomic E-state index is -0.520. The number of fused-ring (bicyclic) bond motifs is 1. The van der Waals surface area contributed by atoms with E-state index in [4.69, 9.17) is 14.2 Å². The second-order valence-electron chi connectivity index (χ2n) is 9.09. The van der Waals surface area contributed by atoms with E-state index >= 15 is 0 Å². The molecule has 1 aromatic heterocycles. The second-order valence-corrected chi connectivity index (χ2v) is 10.2. The predicted molar refractivity (Wildman–Crippen MR) is 130 cm³/mol. The van der Waals surface area contributed by atoms with Crippen molar-refractivity contribution in [2.45, 2.75) is 37.1 Å². The molecule has 2 aliphatic heterocycles. The number of likely N-dealkylation sites (tertiary alicyclic amines) is 1. The molecule has 176 valence electrons. The number of carbonyl (C=O) groups is 1. The maximum Gasteiger partial charge on any atom is 0.236 e. The molecule has 0 radical (unpaired) electrons. The van der Waals surface area contributed by atoms with Gasteiger partial charge in [0, 0.05) is 11.1 Å². The van der Waals surface area contributed by atoms with Gasteiger partial charge >= 0.3 is 0 Å². The first kappa shape index (κ1) is 21.4. The summed E-state index contributed by atoms with van der Waals surface area (Å²) >= 11 is 1.55. The molecular weight excluding hydrogens is 450 g/mol. The highest BCUT2D eigenvalue weighted by Gasteiger charge is 2.52. The van der Waals surface area contributed by atoms with Crippen molar-refractivity contribution < 1.29 is 19.0 Å². The number of ether oxygens (including phenoxy) is 3. The molecule has 6 rings (SSSR count). The fourth-order valence-corrected chi connectivity index (χ4v) is 5.99. The van der Waals surface area contributed by atoms with Crippen LogP contribution in [0.5, 0.6) is 17.2 Å². The molecule has 2 aromatic carbocycles. The number of carbonyl (C=O) groups excluding carboxylic acids is 1. The number of rotatable bonds is 7. The van der Waals surface area contributed by atoms with Gasteiger partial charge < -0.3 is 19.5 Å². The smallest absolute Gasteiger partial charge is 0.236 e. The van der Waals surface area contributed by atoms with Crippen LogP contribution in [0.1, 0.15) is 47.7 Å². The van der Waals surface area contributed by atoms with E-state index in [9.17, 15) is 4.79 Å². The quantitative estimate of drug-likeness (QED) is 0.530. The standard InChI is InChI=1S/C26H27N3O4S/c1-31-19-6-4-5-17(13-19)23(29-11-2-3-12-29)22-15-27-25(34-22)28-24(30)26(9-10-26)18-7-8-20-21(14-18)33-16-32-20/h4-8,13-15,23H,2-3,9-12,16H2,1H3,(H,27,28,30). The maximum absolute atomic E-state index is 13.3. The number of benzene rings is 2. The Labute approximate surface area is 202 Å². The van der Waals surface area contributed by atoms with E-state index in [2.05, 4.69) is 27.3 Å². The Morgan fingerprint density at radius 3 is 2.76 bits per heavy atom. The van der Waals surface area contributed by atoms with Crippen LogP contribution >= 0.6 is 11.3 Å². The summed E-state index contributed by atoms with van der Waals surface area (Å²) in [5.41, 5.74) is 1.63. The average Bonchev–Trinajstić information content (AvgIpc) is 3.22. The van der Waals surface area contributed by atoms with Gasteiger partial charge in [-0.2, -0.15) is 0 Å². The highest BCUT2D eigenvalue weighted by Crippen LogP contribution is 2.51. The Balaban J connectivity index is 1.24. The Hall–Kier alpha value is -3.10. The Kier molecular flexibility index (Phi) is 5.42. The number of anilines is 1. The Morgan fingerprint density at radius 1 is 1.15 bits per heavy atom. The SMILES string of the molecule is COc1cccc(C(c2cnc(NC(=O)C3(c4ccc5c(c4)OCO5)CC3)s2)N2CCCC2)c1. The number of methoxy groups -OCH3 is 1. The molecule has 3 aliphatic rings. The number of nitrogens with one attached hydrogen (secondary N) is 1. The van der Waals surface area contributed by atoms with Crippen LogP contribution in [0, 0.1) is 0 Å². The first-order valence-corrected chi connectivity index (χ1v) is 12.5. The van der Waals surface area contributed by atoms with E-state index in [1.807, 2.05) is 36.5 Å². The van der Waals surface area contributed by atoms with E-state index in [1.165, 1.54) is 18.4 Å². The zero-order chi connectivity index (χ0) is 23.1. The molecule has 7 nitrogen and oxygen atoms in total. The van der Waals surface area contributed by atoms with Crippen molar-refractivity contribution in [2.75, 3.05) is 32.3 Å². The van der Waals surface area contributed by atoms with Crippen LogP contribution in [-0.2, 0) is 10.2 Å². The summed E-state index contributed by atoms with van der Waals surface area (Å²) in [6.07, 6.45) is 5.93. The van der Waals surface area contributed by atoms with Crippen molar-refractivity contribution in [1.29, 1.82) is 0 Å². The number of hydrogen-bond acceptors (Lipinski definition) is 7. The molecule has 8 heteroatoms. The predicted octanol–water partition coefficient (Wildman–Crippen LogP) is 4.74. The molecule has 1 saturated carbocycles. The van der Waals surface area contributed by atoms with Crippen LogP contribution in [0.2, 0.25) is 0 Å². The second kappa shape index (κ2) is 8.60. The van der Waals surface area contributed by atoms with Crippen molar-refractivity contribution in [3.8, 4) is 17.2 Å². The molecule has 1 atom stereocenters. The van der Waals surface area contributed by atoms with Gasteiger partial charge in [0.1, 0.15) is 5.75 Å². The fourth-order valence-electron chi connectivity index (χ4n) is 5.02. The summed E-state index contributed by atoms with van der Waals surface area (Å²) in [7, 11) is 1.69. The van der Waals surface area contributed by atoms with Crippen LogP contribution in [-0.4, -0.2) is 42.8 Å². The minimum Gasteiger partial charge on any atom is -0.497 e. The molecule has 3 aromatic rings. The highest BCUT2D eigenvalue weighted by atomic mass is 32.1. The minimum absolute atomic E-state index is 0.00799. The number of nitrogens with zero attached hydrogens (tertiary/aromatic N) is 2. The molecule has 1 saturated heterocycles. The number of aromatic nitrogens is 1. The Bertz CT molecular complexity index is 1220. The molecule has 3 heterocycles. The van der Waals surface area contributed by atoms with Crippen molar-refractivity contribution >= 4 is 22.4 Å². The zero-order valence-electron chi connectivity index (χ0n) is 19.1. The zero-order valence-corrected chi connectivity index (χ0v) is 19.9. The molecular formula is C26H27N3O4S. The normalized spacial score (nSPS) is 19.1. The van der Waals surface area contributed by atoms with Gasteiger partial charge in [0.2, 0.25) is 12.7 Å². The maximum atomic E-state index is 13.3. The molecule has 34 heavy (non-hydrogen) atoms. The monoisotopic (exact) mass is 477 g/mol. The fraction of sp³-hybridized carbons (Fsp3) is 0.385. The van der Waals surface area contributed by atoms with Crippen LogP contribution in [0.15, 0.2) is 48.7 Å². The van der Waals surface area contributed by atoms with Crippen LogP contribution < -0.4 is 19.5 Å². The molecule has 0 bridgehead atoms. The van der Waals surface area contributed by atoms with E-state index in [-0.39, 0.29) is 18.7 Å². The number of thiazole rings is 1. The van der Waals surface area contributed by atoms with Crippen LogP contribution in [0.4, 0.5) is 5.13 Å². The lowest BCUT2D eigenvalue weighted by molar-refractivity contribution is -0.118. The third-order valence-corrected chi connectivity index (χ3v) is 8.00. The molecule has 2 fully saturated rings. The van der Waals surface area contributed by atoms with Gasteiger partial charge in [-0.15, -0.1) is 0 Å². The van der Waals surface area contributed by atoms with E-state index in [1.54, 1.807) is 18.4 Å². The lowest BCUT2D eigenvalue weighted by Crippen LogP contribution is -2.27. The summed E-state index contributed by atoms with van der Waals surface area (Å²) < 4.78 is 16.4. The van der Waals surface area contributed by atoms with Crippen molar-refractivity contribution in [1.82, 2.24) is 9.88 Å². The van der Waals surface area contributed by atoms with Gasteiger partial charge in [-0.1, -0.05) is 29.5 Å². The third-order valence-electron chi connectivity index (χ3n) is 7.04. The molecule has 1 N–H and O–H groups in total. The number of amides is 1. The van der Waals surface area contributed by atoms with E-state index < -0.39 is 5.41 Å². The van der Waals surface area contributed by atoms with Crippen LogP contribution in [0.3, 0.4) is 0 Å². The first-order valence-electron chi connectivity index (χ1n) is 11.7. The van der Waals surface area contributed by atoms with Gasteiger partial charge in [0.25, 0.3) is 0 Å². The summed E-state index contributed by atoms with van der Waals surface area (Å²) in [5, 5.41) is 3.74. The lowest BCUT2D eigenvalue weighted by atomic mass is 9.94. The van der Waals surface area contributed by atoms with E-state index in [0.717, 1.165) is 47.9 Å². The summed E-state index contributed by atoms with van der Waals surface area (Å²) in [5.74, 6) is 2.28. The summed E-state index contributed by atoms with van der Waals surface area (Å²) in [6.45, 7) is 2.33. The summed E-state index contributed by atoms with van der Waals surface area (Å²) in [4.78, 5) is 21.5. The lowest BCUT2D eigenvalue weighted by Gasteiger charge is -2.27. The highest BCUT2D eigenvalue weighted by molar-refractivity contribution is 7.15. The van der Waals surface area contributed by atoms with Gasteiger partial charge in [0.15, 0.2) is 16.6 Å². The largest absolute Gasteiger partial charge is 0.497 e. The third kappa shape index (κ3) is 3.80. The van der Waals surface area contributed by atoms with Crippen molar-refractivity contribution in [2.24, 2.45) is 0 Å². The molecule has 0 spiro atoms. The molecule has 1 unspecified atom stereocenters. The number of hydrogen-bond donors (Lipinski definition) is 1. The Morgan fingerprint density at radius 2 is 1.97 bits per heavy atom. The van der Waals surface area contributed by atoms with E-state index in [0.29, 0.717) is 10.9 Å². The van der Waals surface area contributed by atoms with Gasteiger partial charge in [0.05, 0.1) is 18.6 Å². The topological polar surface area (TPSA) is 72.9 Å². The van der Waals surface area contributed by atoms with Gasteiger partial charge in [-0.05, 0) is 74.2 Å². The first-order chi connectivity index (χ1) is 16.7. The van der Waals surface area contributed by atoms with Gasteiger partial charge in [-0.25, -0.2) is 4.98 Å².